The standard InChI is InChI=1S/C25H28ClF2NO6S/c1-12-7-19(26)22(11-18(12)24(32)29-16-5-6-20(27)21(28)10-16)36(34,35)17-8-14-3-4-15(9-17)25(14,33)23(31)13(2)30/h5-7,10-11,13-15,17,23,30-31,33H,3-4,8-9H2,1-2H3,(H,29,32)/t13-,14-,15?,17?,23+,25?/m0/s1. The molecule has 2 aromatic carbocycles. The summed E-state index contributed by atoms with van der Waals surface area (Å²) in [5, 5.41) is 33.0. The molecule has 2 aromatic rings. The van der Waals surface area contributed by atoms with Gasteiger partial charge in [0.25, 0.3) is 5.91 Å². The van der Waals surface area contributed by atoms with Crippen molar-refractivity contribution in [3.05, 3.63) is 58.1 Å². The van der Waals surface area contributed by atoms with Gasteiger partial charge in [-0.25, -0.2) is 17.2 Å². The molecule has 196 valence electrons. The van der Waals surface area contributed by atoms with Crippen LogP contribution in [0.4, 0.5) is 14.5 Å². The van der Waals surface area contributed by atoms with Gasteiger partial charge in [0.2, 0.25) is 0 Å². The van der Waals surface area contributed by atoms with Crippen LogP contribution in [-0.2, 0) is 9.84 Å². The van der Waals surface area contributed by atoms with Crippen LogP contribution in [0.15, 0.2) is 35.2 Å². The zero-order valence-corrected chi connectivity index (χ0v) is 21.3. The summed E-state index contributed by atoms with van der Waals surface area (Å²) in [7, 11) is -4.05. The molecule has 0 heterocycles. The van der Waals surface area contributed by atoms with E-state index >= 15 is 0 Å². The molecule has 1 amide bonds. The molecule has 6 atom stereocenters. The minimum Gasteiger partial charge on any atom is -0.391 e. The van der Waals surface area contributed by atoms with E-state index < -0.39 is 62.3 Å². The number of amides is 1. The van der Waals surface area contributed by atoms with E-state index in [1.165, 1.54) is 25.1 Å². The second-order valence-corrected chi connectivity index (χ2v) is 12.5. The number of benzene rings is 2. The van der Waals surface area contributed by atoms with E-state index in [2.05, 4.69) is 5.32 Å². The number of anilines is 1. The molecular weight excluding hydrogens is 516 g/mol. The molecule has 2 fully saturated rings. The first-order valence-corrected chi connectivity index (χ1v) is 13.6. The van der Waals surface area contributed by atoms with Crippen molar-refractivity contribution in [2.45, 2.75) is 67.5 Å². The Morgan fingerprint density at radius 3 is 2.28 bits per heavy atom. The molecule has 11 heteroatoms. The number of aryl methyl sites for hydroxylation is 1. The van der Waals surface area contributed by atoms with Crippen LogP contribution in [0.2, 0.25) is 5.02 Å². The molecule has 4 N–H and O–H groups in total. The number of hydrogen-bond acceptors (Lipinski definition) is 6. The summed E-state index contributed by atoms with van der Waals surface area (Å²) in [5.41, 5.74) is -1.19. The summed E-state index contributed by atoms with van der Waals surface area (Å²) in [4.78, 5) is 12.6. The van der Waals surface area contributed by atoms with Gasteiger partial charge in [-0.1, -0.05) is 11.6 Å². The van der Waals surface area contributed by atoms with E-state index in [4.69, 9.17) is 11.6 Å². The first-order valence-electron chi connectivity index (χ1n) is 11.7. The van der Waals surface area contributed by atoms with Crippen molar-refractivity contribution in [3.8, 4) is 0 Å². The molecule has 0 aliphatic heterocycles. The maximum Gasteiger partial charge on any atom is 0.255 e. The number of rotatable bonds is 6. The van der Waals surface area contributed by atoms with Gasteiger partial charge in [0.15, 0.2) is 21.5 Å². The number of aliphatic hydroxyl groups is 3. The fourth-order valence-corrected chi connectivity index (χ4v) is 8.22. The third-order valence-corrected chi connectivity index (χ3v) is 10.3. The van der Waals surface area contributed by atoms with Gasteiger partial charge >= 0.3 is 0 Å². The van der Waals surface area contributed by atoms with E-state index in [1.807, 2.05) is 0 Å². The Morgan fingerprint density at radius 2 is 1.72 bits per heavy atom. The number of aliphatic hydroxyl groups excluding tert-OH is 2. The summed E-state index contributed by atoms with van der Waals surface area (Å²) >= 11 is 6.32. The summed E-state index contributed by atoms with van der Waals surface area (Å²) in [6, 6.07) is 5.40. The summed E-state index contributed by atoms with van der Waals surface area (Å²) in [6.45, 7) is 2.95. The van der Waals surface area contributed by atoms with E-state index in [1.54, 1.807) is 6.92 Å². The molecular formula is C25H28ClF2NO6S. The number of carbonyl (C=O) groups excluding carboxylic acids is 1. The Kier molecular flexibility index (Phi) is 7.22. The number of fused-ring (bicyclic) bond motifs is 2. The van der Waals surface area contributed by atoms with E-state index in [9.17, 15) is 37.3 Å². The average Bonchev–Trinajstić information content (AvgIpc) is 2.97. The maximum atomic E-state index is 13.7. The summed E-state index contributed by atoms with van der Waals surface area (Å²) in [5.74, 6) is -3.98. The van der Waals surface area contributed by atoms with Gasteiger partial charge in [0.05, 0.1) is 26.9 Å². The zero-order valence-electron chi connectivity index (χ0n) is 19.7. The van der Waals surface area contributed by atoms with Crippen molar-refractivity contribution in [2.24, 2.45) is 11.8 Å². The predicted molar refractivity (Wildman–Crippen MR) is 130 cm³/mol. The van der Waals surface area contributed by atoms with E-state index in [0.29, 0.717) is 18.4 Å². The van der Waals surface area contributed by atoms with Crippen LogP contribution in [-0.4, -0.2) is 52.7 Å². The molecule has 2 aliphatic rings. The minimum absolute atomic E-state index is 0.00234. The van der Waals surface area contributed by atoms with Crippen LogP contribution < -0.4 is 5.32 Å². The van der Waals surface area contributed by atoms with Gasteiger partial charge in [-0.15, -0.1) is 0 Å². The van der Waals surface area contributed by atoms with Crippen LogP contribution in [0.25, 0.3) is 0 Å². The third-order valence-electron chi connectivity index (χ3n) is 7.64. The average molecular weight is 544 g/mol. The number of halogens is 3. The van der Waals surface area contributed by atoms with Crippen LogP contribution in [0.1, 0.15) is 48.5 Å². The Balaban J connectivity index is 1.63. The highest BCUT2D eigenvalue weighted by molar-refractivity contribution is 7.92. The number of nitrogens with one attached hydrogen (secondary N) is 1. The Bertz CT molecular complexity index is 1290. The Hall–Kier alpha value is -2.11. The molecule has 2 bridgehead atoms. The molecule has 36 heavy (non-hydrogen) atoms. The van der Waals surface area contributed by atoms with Crippen molar-refractivity contribution in [3.63, 3.8) is 0 Å². The lowest BCUT2D eigenvalue weighted by Crippen LogP contribution is -2.58. The fraction of sp³-hybridized carbons (Fsp3) is 0.480. The topological polar surface area (TPSA) is 124 Å². The van der Waals surface area contributed by atoms with Gasteiger partial charge in [0.1, 0.15) is 6.10 Å². The lowest BCUT2D eigenvalue weighted by Gasteiger charge is -2.46. The first kappa shape index (κ1) is 26.9. The third kappa shape index (κ3) is 4.54. The van der Waals surface area contributed by atoms with Gasteiger partial charge in [-0.3, -0.25) is 4.79 Å². The van der Waals surface area contributed by atoms with Gasteiger partial charge in [0, 0.05) is 17.3 Å². The van der Waals surface area contributed by atoms with Gasteiger partial charge in [-0.05, 0) is 81.2 Å². The van der Waals surface area contributed by atoms with E-state index in [-0.39, 0.29) is 34.0 Å². The SMILES string of the molecule is Cc1cc(Cl)c(S(=O)(=O)C2CC3CC[C@@H](C2)C3(O)[C@H](O)[C@H](C)O)cc1C(=O)Nc1ccc(F)c(F)c1. The van der Waals surface area contributed by atoms with Crippen molar-refractivity contribution in [1.82, 2.24) is 0 Å². The molecule has 4 rings (SSSR count). The molecule has 0 spiro atoms. The summed E-state index contributed by atoms with van der Waals surface area (Å²) in [6.07, 6.45) is -1.40. The van der Waals surface area contributed by atoms with E-state index in [0.717, 1.165) is 12.1 Å². The Labute approximate surface area is 213 Å². The van der Waals surface area contributed by atoms with Crippen molar-refractivity contribution < 1.29 is 37.3 Å². The quantitative estimate of drug-likeness (QED) is 0.441. The largest absolute Gasteiger partial charge is 0.391 e. The molecule has 0 aromatic heterocycles. The van der Waals surface area contributed by atoms with Crippen molar-refractivity contribution >= 4 is 33.0 Å². The van der Waals surface area contributed by atoms with Gasteiger partial charge in [-0.2, -0.15) is 0 Å². The zero-order chi connectivity index (χ0) is 26.6. The normalized spacial score (nSPS) is 27.5. The molecule has 2 aliphatic carbocycles. The Morgan fingerprint density at radius 1 is 1.11 bits per heavy atom. The highest BCUT2D eigenvalue weighted by atomic mass is 35.5. The molecule has 7 nitrogen and oxygen atoms in total. The number of carbonyl (C=O) groups is 1. The van der Waals surface area contributed by atoms with Crippen molar-refractivity contribution in [1.29, 1.82) is 0 Å². The summed E-state index contributed by atoms with van der Waals surface area (Å²) < 4.78 is 54.1. The smallest absolute Gasteiger partial charge is 0.255 e. The number of sulfone groups is 1. The molecule has 0 radical (unpaired) electrons. The lowest BCUT2D eigenvalue weighted by atomic mass is 9.70. The van der Waals surface area contributed by atoms with Crippen LogP contribution >= 0.6 is 11.6 Å². The van der Waals surface area contributed by atoms with Crippen molar-refractivity contribution in [2.75, 3.05) is 5.32 Å². The van der Waals surface area contributed by atoms with Crippen LogP contribution in [0.5, 0.6) is 0 Å². The monoisotopic (exact) mass is 543 g/mol. The second kappa shape index (κ2) is 9.64. The van der Waals surface area contributed by atoms with Crippen LogP contribution in [0, 0.1) is 30.4 Å². The first-order chi connectivity index (χ1) is 16.8. The second-order valence-electron chi connectivity index (χ2n) is 9.86. The number of hydrogen-bond donors (Lipinski definition) is 4. The molecule has 3 unspecified atom stereocenters. The van der Waals surface area contributed by atoms with Gasteiger partial charge < -0.3 is 20.6 Å². The highest BCUT2D eigenvalue weighted by Gasteiger charge is 2.59. The predicted octanol–water partition coefficient (Wildman–Crippen LogP) is 3.61. The highest BCUT2D eigenvalue weighted by Crippen LogP contribution is 2.54. The minimum atomic E-state index is -4.05. The molecule has 2 saturated carbocycles. The molecule has 0 saturated heterocycles. The van der Waals surface area contributed by atoms with Crippen LogP contribution in [0.3, 0.4) is 0 Å². The fourth-order valence-electron chi connectivity index (χ4n) is 5.73. The lowest BCUT2D eigenvalue weighted by molar-refractivity contribution is -0.172. The maximum absolute atomic E-state index is 13.7.